The average Bonchev–Trinajstić information content (AvgIpc) is 2.12. The van der Waals surface area contributed by atoms with E-state index in [9.17, 15) is 9.36 Å². The van der Waals surface area contributed by atoms with E-state index in [1.807, 2.05) is 0 Å². The van der Waals surface area contributed by atoms with Gasteiger partial charge in [0.25, 0.3) is 0 Å². The molecule has 0 rings (SSSR count). The first-order valence-corrected chi connectivity index (χ1v) is 5.20. The van der Waals surface area contributed by atoms with E-state index < -0.39 is 7.60 Å². The molecule has 0 aliphatic rings. The van der Waals surface area contributed by atoms with Crippen molar-refractivity contribution in [3.63, 3.8) is 0 Å². The number of carbonyl (C=O) groups is 1. The van der Waals surface area contributed by atoms with Crippen molar-refractivity contribution in [1.82, 2.24) is 0 Å². The standard InChI is InChI=1S/C8H13O4P/c1-5-6-8(7(2)9)13(10,11-3)12-4/h5H,1-4H3. The van der Waals surface area contributed by atoms with Gasteiger partial charge in [0.2, 0.25) is 0 Å². The first kappa shape index (κ1) is 12.3. The highest BCUT2D eigenvalue weighted by Crippen LogP contribution is 2.54. The quantitative estimate of drug-likeness (QED) is 0.400. The maximum atomic E-state index is 11.7. The van der Waals surface area contributed by atoms with E-state index in [2.05, 4.69) is 14.8 Å². The summed E-state index contributed by atoms with van der Waals surface area (Å²) < 4.78 is 21.0. The Bertz CT molecular complexity index is 291. The summed E-state index contributed by atoms with van der Waals surface area (Å²) in [6, 6.07) is 0. The van der Waals surface area contributed by atoms with Crippen LogP contribution >= 0.6 is 7.60 Å². The van der Waals surface area contributed by atoms with Crippen molar-refractivity contribution in [3.8, 4) is 0 Å². The first-order chi connectivity index (χ1) is 6.01. The molecule has 0 aromatic heterocycles. The van der Waals surface area contributed by atoms with Crippen molar-refractivity contribution in [2.45, 2.75) is 13.8 Å². The number of hydrogen-bond acceptors (Lipinski definition) is 4. The average molecular weight is 204 g/mol. The van der Waals surface area contributed by atoms with Crippen LogP contribution in [-0.4, -0.2) is 20.0 Å². The summed E-state index contributed by atoms with van der Waals surface area (Å²) in [7, 11) is -0.986. The van der Waals surface area contributed by atoms with Gasteiger partial charge in [-0.3, -0.25) is 9.36 Å². The van der Waals surface area contributed by atoms with Gasteiger partial charge in [0.1, 0.15) is 5.31 Å². The summed E-state index contributed by atoms with van der Waals surface area (Å²) >= 11 is 0. The van der Waals surface area contributed by atoms with Crippen LogP contribution in [-0.2, 0) is 18.4 Å². The van der Waals surface area contributed by atoms with Crippen molar-refractivity contribution in [2.24, 2.45) is 0 Å². The predicted octanol–water partition coefficient (Wildman–Crippen LogP) is 2.12. The fraction of sp³-hybridized carbons (Fsp3) is 0.500. The summed E-state index contributed by atoms with van der Waals surface area (Å²) in [6.07, 6.45) is 1.49. The molecule has 0 spiro atoms. The van der Waals surface area contributed by atoms with E-state index in [-0.39, 0.29) is 11.1 Å². The molecule has 0 N–H and O–H groups in total. The van der Waals surface area contributed by atoms with Crippen LogP contribution in [0.5, 0.6) is 0 Å². The molecular formula is C8H13O4P. The molecule has 5 heteroatoms. The molecular weight excluding hydrogens is 191 g/mol. The van der Waals surface area contributed by atoms with Crippen LogP contribution in [0.2, 0.25) is 0 Å². The van der Waals surface area contributed by atoms with E-state index in [1.165, 1.54) is 27.2 Å². The molecule has 74 valence electrons. The van der Waals surface area contributed by atoms with Crippen molar-refractivity contribution < 1.29 is 18.4 Å². The lowest BCUT2D eigenvalue weighted by atomic mass is 10.4. The van der Waals surface area contributed by atoms with Crippen LogP contribution in [0.4, 0.5) is 0 Å². The number of hydrogen-bond donors (Lipinski definition) is 0. The highest BCUT2D eigenvalue weighted by molar-refractivity contribution is 7.59. The molecule has 4 nitrogen and oxygen atoms in total. The normalized spacial score (nSPS) is 10.5. The zero-order chi connectivity index (χ0) is 10.5. The van der Waals surface area contributed by atoms with Gasteiger partial charge < -0.3 is 9.05 Å². The van der Waals surface area contributed by atoms with E-state index in [0.29, 0.717) is 0 Å². The van der Waals surface area contributed by atoms with Gasteiger partial charge >= 0.3 is 7.60 Å². The molecule has 0 fully saturated rings. The van der Waals surface area contributed by atoms with Gasteiger partial charge in [0.15, 0.2) is 5.78 Å². The van der Waals surface area contributed by atoms with Gasteiger partial charge in [-0.2, -0.15) is 0 Å². The van der Waals surface area contributed by atoms with Crippen LogP contribution < -0.4 is 0 Å². The first-order valence-electron chi connectivity index (χ1n) is 3.66. The molecule has 0 aliphatic carbocycles. The number of Topliss-reactive ketones (excluding diaryl/α,β-unsaturated/α-hetero) is 1. The van der Waals surface area contributed by atoms with E-state index >= 15 is 0 Å². The lowest BCUT2D eigenvalue weighted by Gasteiger charge is -2.12. The summed E-state index contributed by atoms with van der Waals surface area (Å²) in [5, 5.41) is -0.0556. The Morgan fingerprint density at radius 2 is 1.85 bits per heavy atom. The maximum Gasteiger partial charge on any atom is 0.372 e. The topological polar surface area (TPSA) is 52.6 Å². The molecule has 0 bridgehead atoms. The lowest BCUT2D eigenvalue weighted by Crippen LogP contribution is -2.00. The zero-order valence-corrected chi connectivity index (χ0v) is 9.05. The zero-order valence-electron chi connectivity index (χ0n) is 8.16. The van der Waals surface area contributed by atoms with E-state index in [1.54, 1.807) is 6.92 Å². The van der Waals surface area contributed by atoms with Crippen LogP contribution in [0.3, 0.4) is 0 Å². The number of ketones is 1. The second-order valence-electron chi connectivity index (χ2n) is 2.20. The minimum atomic E-state index is -3.44. The summed E-state index contributed by atoms with van der Waals surface area (Å²) in [4.78, 5) is 11.0. The molecule has 0 aromatic carbocycles. The maximum absolute atomic E-state index is 11.7. The Balaban J connectivity index is 5.31. The van der Waals surface area contributed by atoms with Gasteiger partial charge in [0.05, 0.1) is 0 Å². The van der Waals surface area contributed by atoms with Gasteiger partial charge in [-0.15, -0.1) is 5.73 Å². The van der Waals surface area contributed by atoms with Crippen LogP contribution in [0.1, 0.15) is 13.8 Å². The number of carbonyl (C=O) groups excluding carboxylic acids is 1. The lowest BCUT2D eigenvalue weighted by molar-refractivity contribution is -0.113. The van der Waals surface area contributed by atoms with Gasteiger partial charge in [-0.1, -0.05) is 0 Å². The fourth-order valence-corrected chi connectivity index (χ4v) is 1.95. The summed E-state index contributed by atoms with van der Waals surface area (Å²) in [5.41, 5.74) is 2.55. The van der Waals surface area contributed by atoms with Crippen molar-refractivity contribution in [2.75, 3.05) is 14.2 Å². The second kappa shape index (κ2) is 5.15. The molecule has 0 saturated heterocycles. The van der Waals surface area contributed by atoms with Crippen molar-refractivity contribution >= 4 is 13.4 Å². The molecule has 13 heavy (non-hydrogen) atoms. The Labute approximate surface area is 77.8 Å². The Hall–Kier alpha value is -0.660. The molecule has 0 aliphatic heterocycles. The SMILES string of the molecule is CC=C=C(C(C)=O)P(=O)(OC)OC. The number of allylic oxidation sites excluding steroid dienone is 1. The monoisotopic (exact) mass is 204 g/mol. The van der Waals surface area contributed by atoms with E-state index in [4.69, 9.17) is 0 Å². The summed E-state index contributed by atoms with van der Waals surface area (Å²) in [6.45, 7) is 2.95. The minimum absolute atomic E-state index is 0.0556. The third-order valence-electron chi connectivity index (χ3n) is 1.37. The third kappa shape index (κ3) is 2.94. The summed E-state index contributed by atoms with van der Waals surface area (Å²) in [5.74, 6) is -0.370. The second-order valence-corrected chi connectivity index (χ2v) is 4.37. The fourth-order valence-electron chi connectivity index (χ4n) is 0.767. The van der Waals surface area contributed by atoms with Crippen molar-refractivity contribution in [3.05, 3.63) is 17.1 Å². The van der Waals surface area contributed by atoms with Crippen LogP contribution in [0.15, 0.2) is 17.1 Å². The molecule has 0 unspecified atom stereocenters. The third-order valence-corrected chi connectivity index (χ3v) is 3.32. The molecule has 0 saturated carbocycles. The van der Waals surface area contributed by atoms with Gasteiger partial charge in [-0.25, -0.2) is 0 Å². The largest absolute Gasteiger partial charge is 0.372 e. The van der Waals surface area contributed by atoms with Crippen molar-refractivity contribution in [1.29, 1.82) is 0 Å². The highest BCUT2D eigenvalue weighted by Gasteiger charge is 2.30. The molecule has 0 heterocycles. The van der Waals surface area contributed by atoms with E-state index in [0.717, 1.165) is 0 Å². The Kier molecular flexibility index (Phi) is 4.89. The molecule has 0 aromatic rings. The Morgan fingerprint density at radius 3 is 2.08 bits per heavy atom. The molecule has 0 radical (unpaired) electrons. The van der Waals surface area contributed by atoms with Crippen LogP contribution in [0, 0.1) is 0 Å². The van der Waals surface area contributed by atoms with Gasteiger partial charge in [0, 0.05) is 21.1 Å². The smallest absolute Gasteiger partial charge is 0.308 e. The number of rotatable bonds is 4. The van der Waals surface area contributed by atoms with Crippen LogP contribution in [0.25, 0.3) is 0 Å². The predicted molar refractivity (Wildman–Crippen MR) is 49.6 cm³/mol. The minimum Gasteiger partial charge on any atom is -0.308 e. The molecule has 0 amide bonds. The Morgan fingerprint density at radius 1 is 1.38 bits per heavy atom. The van der Waals surface area contributed by atoms with Gasteiger partial charge in [-0.05, 0) is 13.0 Å². The highest BCUT2D eigenvalue weighted by atomic mass is 31.2. The molecule has 0 atom stereocenters.